The lowest BCUT2D eigenvalue weighted by Gasteiger charge is -2.44. The molecule has 0 unspecified atom stereocenters. The number of carbonyl (C=O) groups excluding carboxylic acids is 1. The second kappa shape index (κ2) is 5.70. The number of aromatic amines is 1. The molecule has 1 heterocycles. The van der Waals surface area contributed by atoms with E-state index in [1.165, 1.54) is 29.7 Å². The highest BCUT2D eigenvalue weighted by atomic mass is 16.1. The second-order valence-corrected chi connectivity index (χ2v) is 9.68. The first kappa shape index (κ1) is 17.5. The lowest BCUT2D eigenvalue weighted by Crippen LogP contribution is -2.41. The zero-order valence-corrected chi connectivity index (χ0v) is 16.9. The van der Waals surface area contributed by atoms with Crippen LogP contribution in [0.4, 0.5) is 0 Å². The van der Waals surface area contributed by atoms with Gasteiger partial charge in [0.05, 0.1) is 5.69 Å². The number of rotatable bonds is 2. The van der Waals surface area contributed by atoms with Gasteiger partial charge in [-0.05, 0) is 49.3 Å². The van der Waals surface area contributed by atoms with E-state index in [-0.39, 0.29) is 11.2 Å². The molecule has 3 aliphatic carbocycles. The van der Waals surface area contributed by atoms with Gasteiger partial charge < -0.3 is 0 Å². The van der Waals surface area contributed by atoms with E-state index in [0.717, 1.165) is 35.2 Å². The van der Waals surface area contributed by atoms with Crippen molar-refractivity contribution in [1.29, 1.82) is 0 Å². The Morgan fingerprint density at radius 3 is 2.71 bits per heavy atom. The molecule has 1 aromatic carbocycles. The fraction of sp³-hybridized carbons (Fsp3) is 0.440. The first-order valence-corrected chi connectivity index (χ1v) is 10.2. The molecule has 1 saturated carbocycles. The molecule has 0 radical (unpaired) electrons. The number of ketones is 1. The van der Waals surface area contributed by atoms with Gasteiger partial charge >= 0.3 is 0 Å². The van der Waals surface area contributed by atoms with Crippen LogP contribution >= 0.6 is 0 Å². The minimum Gasteiger partial charge on any atom is -0.294 e. The zero-order chi connectivity index (χ0) is 19.7. The van der Waals surface area contributed by atoms with Crippen LogP contribution in [0, 0.1) is 17.8 Å². The number of terminal acetylenes is 1. The molecule has 2 aromatic rings. The van der Waals surface area contributed by atoms with Gasteiger partial charge in [-0.15, -0.1) is 6.42 Å². The molecule has 0 saturated heterocycles. The third-order valence-electron chi connectivity index (χ3n) is 6.79. The summed E-state index contributed by atoms with van der Waals surface area (Å²) in [6, 6.07) is 8.17. The highest BCUT2D eigenvalue weighted by Gasteiger charge is 2.50. The number of H-pyrrole nitrogens is 1. The maximum Gasteiger partial charge on any atom is 0.160 e. The van der Waals surface area contributed by atoms with Gasteiger partial charge in [0.2, 0.25) is 0 Å². The van der Waals surface area contributed by atoms with Crippen molar-refractivity contribution >= 4 is 5.78 Å². The van der Waals surface area contributed by atoms with Crippen molar-refractivity contribution in [2.75, 3.05) is 0 Å². The minimum absolute atomic E-state index is 0.00827. The molecule has 0 aliphatic heterocycles. The summed E-state index contributed by atoms with van der Waals surface area (Å²) >= 11 is 0. The molecule has 142 valence electrons. The number of nitrogens with one attached hydrogen (secondary N) is 1. The van der Waals surface area contributed by atoms with Crippen LogP contribution in [0.1, 0.15) is 80.5 Å². The monoisotopic (exact) mass is 370 g/mol. The van der Waals surface area contributed by atoms with E-state index in [2.05, 4.69) is 43.9 Å². The highest BCUT2D eigenvalue weighted by Crippen LogP contribution is 2.55. The number of carbonyl (C=O) groups is 1. The Morgan fingerprint density at radius 2 is 2.00 bits per heavy atom. The van der Waals surface area contributed by atoms with E-state index in [4.69, 9.17) is 11.5 Å². The smallest absolute Gasteiger partial charge is 0.160 e. The van der Waals surface area contributed by atoms with Crippen molar-refractivity contribution in [3.63, 3.8) is 0 Å². The summed E-state index contributed by atoms with van der Waals surface area (Å²) in [5.41, 5.74) is 7.32. The lowest BCUT2D eigenvalue weighted by atomic mass is 9.58. The highest BCUT2D eigenvalue weighted by molar-refractivity contribution is 6.01. The minimum atomic E-state index is -0.492. The Balaban J connectivity index is 1.80. The molecule has 0 bridgehead atoms. The molecular formula is C25H26N2O. The topological polar surface area (TPSA) is 45.8 Å². The summed E-state index contributed by atoms with van der Waals surface area (Å²) in [6.45, 7) is 6.61. The van der Waals surface area contributed by atoms with E-state index >= 15 is 0 Å². The van der Waals surface area contributed by atoms with Gasteiger partial charge in [-0.1, -0.05) is 37.5 Å². The lowest BCUT2D eigenvalue weighted by molar-refractivity contribution is -0.118. The van der Waals surface area contributed by atoms with E-state index < -0.39 is 5.41 Å². The summed E-state index contributed by atoms with van der Waals surface area (Å²) in [7, 11) is 0. The normalized spacial score (nSPS) is 25.9. The van der Waals surface area contributed by atoms with Crippen molar-refractivity contribution in [1.82, 2.24) is 10.2 Å². The maximum absolute atomic E-state index is 13.5. The summed E-state index contributed by atoms with van der Waals surface area (Å²) in [6.07, 6.45) is 10.4. The van der Waals surface area contributed by atoms with Gasteiger partial charge in [0.1, 0.15) is 0 Å². The van der Waals surface area contributed by atoms with Crippen molar-refractivity contribution in [2.24, 2.45) is 5.41 Å². The summed E-state index contributed by atoms with van der Waals surface area (Å²) in [5, 5.41) is 8.08. The van der Waals surface area contributed by atoms with Crippen molar-refractivity contribution in [3.8, 4) is 12.3 Å². The Labute approximate surface area is 166 Å². The number of aromatic nitrogens is 2. The Kier molecular flexibility index (Phi) is 3.56. The second-order valence-electron chi connectivity index (χ2n) is 9.68. The van der Waals surface area contributed by atoms with Crippen LogP contribution in [0.2, 0.25) is 0 Å². The summed E-state index contributed by atoms with van der Waals surface area (Å²) < 4.78 is 0. The molecule has 0 amide bonds. The van der Waals surface area contributed by atoms with E-state index in [1.807, 2.05) is 12.1 Å². The molecule has 1 N–H and O–H groups in total. The zero-order valence-electron chi connectivity index (χ0n) is 16.9. The van der Waals surface area contributed by atoms with Crippen LogP contribution in [0.3, 0.4) is 0 Å². The average molecular weight is 370 g/mol. The number of nitrogens with zero attached hydrogens (tertiary/aromatic N) is 1. The van der Waals surface area contributed by atoms with Crippen LogP contribution < -0.4 is 0 Å². The van der Waals surface area contributed by atoms with Crippen molar-refractivity contribution in [3.05, 3.63) is 63.5 Å². The number of hydrogen-bond acceptors (Lipinski definition) is 2. The van der Waals surface area contributed by atoms with Gasteiger partial charge in [-0.2, -0.15) is 5.10 Å². The quantitative estimate of drug-likeness (QED) is 0.771. The third-order valence-corrected chi connectivity index (χ3v) is 6.79. The van der Waals surface area contributed by atoms with Gasteiger partial charge in [0.25, 0.3) is 0 Å². The number of fused-ring (bicyclic) bond motifs is 1. The molecule has 28 heavy (non-hydrogen) atoms. The molecule has 3 heteroatoms. The van der Waals surface area contributed by atoms with Gasteiger partial charge in [-0.3, -0.25) is 9.89 Å². The first-order valence-electron chi connectivity index (χ1n) is 10.2. The fourth-order valence-corrected chi connectivity index (χ4v) is 5.51. The summed E-state index contributed by atoms with van der Waals surface area (Å²) in [5.74, 6) is 3.57. The van der Waals surface area contributed by atoms with E-state index in [9.17, 15) is 4.79 Å². The molecule has 0 spiro atoms. The number of benzene rings is 1. The predicted molar refractivity (Wildman–Crippen MR) is 110 cm³/mol. The van der Waals surface area contributed by atoms with E-state index in [1.54, 1.807) is 0 Å². The van der Waals surface area contributed by atoms with Crippen LogP contribution in [-0.4, -0.2) is 16.0 Å². The van der Waals surface area contributed by atoms with Crippen molar-refractivity contribution < 1.29 is 4.79 Å². The first-order chi connectivity index (χ1) is 13.3. The molecule has 1 atom stereocenters. The average Bonchev–Trinajstić information content (AvgIpc) is 3.40. The van der Waals surface area contributed by atoms with E-state index in [0.29, 0.717) is 12.3 Å². The van der Waals surface area contributed by atoms with Crippen LogP contribution in [0.25, 0.3) is 0 Å². The maximum atomic E-state index is 13.5. The number of allylic oxidation sites excluding steroid dienone is 2. The Morgan fingerprint density at radius 1 is 1.21 bits per heavy atom. The Bertz CT molecular complexity index is 1070. The van der Waals surface area contributed by atoms with Crippen LogP contribution in [0.5, 0.6) is 0 Å². The summed E-state index contributed by atoms with van der Waals surface area (Å²) in [4.78, 5) is 13.5. The largest absolute Gasteiger partial charge is 0.294 e. The number of hydrogen-bond donors (Lipinski definition) is 1. The molecule has 3 nitrogen and oxygen atoms in total. The predicted octanol–water partition coefficient (Wildman–Crippen LogP) is 4.82. The molecule has 1 fully saturated rings. The molecule has 5 rings (SSSR count). The van der Waals surface area contributed by atoms with Crippen LogP contribution in [-0.2, 0) is 16.6 Å². The Hall–Kier alpha value is -2.60. The van der Waals surface area contributed by atoms with Gasteiger partial charge in [0.15, 0.2) is 5.78 Å². The van der Waals surface area contributed by atoms with Gasteiger partial charge in [0, 0.05) is 46.6 Å². The molecule has 1 aromatic heterocycles. The van der Waals surface area contributed by atoms with Crippen LogP contribution in [0.15, 0.2) is 35.4 Å². The van der Waals surface area contributed by atoms with Gasteiger partial charge in [-0.25, -0.2) is 0 Å². The SMILES string of the molecule is C#Cc1cccc([C@]2(C)C3=C(Cc4[nH]nc(C5CC5)c42)CC(C)(C)CC3=O)c1. The standard InChI is InChI=1S/C25H26N2O/c1-5-15-7-6-8-18(11-15)25(4)21-17(13-24(2,3)14-20(21)28)12-19-22(25)23(27-26-19)16-9-10-16/h1,6-8,11,16H,9-10,12-14H2,2-4H3,(H,26,27)/t25-/m1/s1. The third kappa shape index (κ3) is 2.44. The molecule has 3 aliphatic rings. The van der Waals surface area contributed by atoms with Crippen molar-refractivity contribution in [2.45, 2.75) is 64.2 Å². The number of Topliss-reactive ketones (excluding diaryl/α,β-unsaturated/α-hetero) is 1. The molecular weight excluding hydrogens is 344 g/mol. The fourth-order valence-electron chi connectivity index (χ4n) is 5.51.